The van der Waals surface area contributed by atoms with Crippen LogP contribution in [0.3, 0.4) is 0 Å². The van der Waals surface area contributed by atoms with Crippen LogP contribution in [0.4, 0.5) is 0 Å². The lowest BCUT2D eigenvalue weighted by molar-refractivity contribution is -0.146. The highest BCUT2D eigenvalue weighted by Gasteiger charge is 2.30. The van der Waals surface area contributed by atoms with Crippen LogP contribution in [0, 0.1) is 5.92 Å². The number of carbonyl (C=O) groups is 1. The van der Waals surface area contributed by atoms with Gasteiger partial charge in [0.15, 0.2) is 5.15 Å². The standard InChI is InChI=1S/C14H15BrClN3O2/c1-21-14(20)9-4-2-8(3-5-9)13-18-11(15)10-12(16)17-6-7-19(10)13/h6-9H,2-5H2,1H3/t8-,9-. The molecular formula is C14H15BrClN3O2. The Morgan fingerprint density at radius 1 is 1.43 bits per heavy atom. The van der Waals surface area contributed by atoms with Gasteiger partial charge in [0.25, 0.3) is 0 Å². The van der Waals surface area contributed by atoms with E-state index in [-0.39, 0.29) is 11.9 Å². The fourth-order valence-corrected chi connectivity index (χ4v) is 3.94. The van der Waals surface area contributed by atoms with Crippen molar-refractivity contribution in [1.29, 1.82) is 0 Å². The van der Waals surface area contributed by atoms with Crippen molar-refractivity contribution in [2.75, 3.05) is 7.11 Å². The van der Waals surface area contributed by atoms with Crippen LogP contribution in [-0.4, -0.2) is 27.4 Å². The molecule has 1 fully saturated rings. The van der Waals surface area contributed by atoms with Crippen molar-refractivity contribution in [2.24, 2.45) is 5.92 Å². The zero-order valence-electron chi connectivity index (χ0n) is 11.6. The van der Waals surface area contributed by atoms with Crippen LogP contribution in [-0.2, 0) is 9.53 Å². The van der Waals surface area contributed by atoms with E-state index in [0.717, 1.165) is 37.0 Å². The number of esters is 1. The summed E-state index contributed by atoms with van der Waals surface area (Å²) in [5, 5.41) is 0.436. The van der Waals surface area contributed by atoms with E-state index in [0.29, 0.717) is 15.7 Å². The van der Waals surface area contributed by atoms with Crippen molar-refractivity contribution in [3.63, 3.8) is 0 Å². The molecule has 1 aliphatic carbocycles. The highest BCUT2D eigenvalue weighted by atomic mass is 79.9. The zero-order chi connectivity index (χ0) is 15.0. The van der Waals surface area contributed by atoms with E-state index in [1.807, 2.05) is 10.6 Å². The van der Waals surface area contributed by atoms with Gasteiger partial charge in [0.05, 0.1) is 13.0 Å². The first-order valence-electron chi connectivity index (χ1n) is 6.87. The van der Waals surface area contributed by atoms with Crippen molar-refractivity contribution in [3.8, 4) is 0 Å². The van der Waals surface area contributed by atoms with Gasteiger partial charge in [-0.3, -0.25) is 9.20 Å². The maximum atomic E-state index is 11.6. The number of aromatic nitrogens is 3. The molecule has 0 spiro atoms. The minimum absolute atomic E-state index is 0.0196. The SMILES string of the molecule is COC(=O)[C@H]1CC[C@H](c2nc(Br)c3c(Cl)nccn32)CC1. The van der Waals surface area contributed by atoms with Crippen molar-refractivity contribution in [1.82, 2.24) is 14.4 Å². The van der Waals surface area contributed by atoms with Crippen LogP contribution in [0.5, 0.6) is 0 Å². The number of carbonyl (C=O) groups excluding carboxylic acids is 1. The molecule has 21 heavy (non-hydrogen) atoms. The number of imidazole rings is 1. The van der Waals surface area contributed by atoms with Crippen LogP contribution in [0.25, 0.3) is 5.52 Å². The van der Waals surface area contributed by atoms with Gasteiger partial charge in [-0.25, -0.2) is 9.97 Å². The minimum Gasteiger partial charge on any atom is -0.469 e. The summed E-state index contributed by atoms with van der Waals surface area (Å²) in [6.07, 6.45) is 7.07. The van der Waals surface area contributed by atoms with E-state index in [1.165, 1.54) is 7.11 Å². The van der Waals surface area contributed by atoms with Gasteiger partial charge in [-0.1, -0.05) is 11.6 Å². The second-order valence-electron chi connectivity index (χ2n) is 5.27. The molecule has 7 heteroatoms. The Morgan fingerprint density at radius 2 is 2.14 bits per heavy atom. The maximum Gasteiger partial charge on any atom is 0.308 e. The Balaban J connectivity index is 1.86. The molecule has 1 saturated carbocycles. The maximum absolute atomic E-state index is 11.6. The molecule has 5 nitrogen and oxygen atoms in total. The third kappa shape index (κ3) is 2.66. The predicted molar refractivity (Wildman–Crippen MR) is 82.4 cm³/mol. The second-order valence-corrected chi connectivity index (χ2v) is 6.38. The number of hydrogen-bond donors (Lipinski definition) is 0. The lowest BCUT2D eigenvalue weighted by Crippen LogP contribution is -2.22. The van der Waals surface area contributed by atoms with Crippen molar-refractivity contribution < 1.29 is 9.53 Å². The highest BCUT2D eigenvalue weighted by Crippen LogP contribution is 2.37. The average Bonchev–Trinajstić information content (AvgIpc) is 2.85. The lowest BCUT2D eigenvalue weighted by atomic mass is 9.81. The van der Waals surface area contributed by atoms with Crippen LogP contribution < -0.4 is 0 Å². The number of ether oxygens (including phenoxy) is 1. The molecule has 0 bridgehead atoms. The number of fused-ring (bicyclic) bond motifs is 1. The Labute approximate surface area is 135 Å². The molecule has 0 amide bonds. The molecule has 2 aromatic heterocycles. The smallest absolute Gasteiger partial charge is 0.308 e. The molecule has 2 aromatic rings. The Morgan fingerprint density at radius 3 is 2.81 bits per heavy atom. The number of methoxy groups -OCH3 is 1. The normalized spacial score (nSPS) is 22.4. The molecule has 0 radical (unpaired) electrons. The van der Waals surface area contributed by atoms with Gasteiger partial charge in [-0.05, 0) is 41.6 Å². The van der Waals surface area contributed by atoms with Gasteiger partial charge in [0, 0.05) is 18.3 Å². The molecule has 0 N–H and O–H groups in total. The summed E-state index contributed by atoms with van der Waals surface area (Å²) >= 11 is 9.59. The Hall–Kier alpha value is -1.14. The summed E-state index contributed by atoms with van der Waals surface area (Å²) in [6, 6.07) is 0. The summed E-state index contributed by atoms with van der Waals surface area (Å²) in [5.41, 5.74) is 0.796. The quantitative estimate of drug-likeness (QED) is 0.756. The van der Waals surface area contributed by atoms with E-state index < -0.39 is 0 Å². The largest absolute Gasteiger partial charge is 0.469 e. The van der Waals surface area contributed by atoms with Crippen molar-refractivity contribution in [2.45, 2.75) is 31.6 Å². The number of halogens is 2. The topological polar surface area (TPSA) is 56.5 Å². The minimum atomic E-state index is -0.102. The van der Waals surface area contributed by atoms with Crippen LogP contribution >= 0.6 is 27.5 Å². The fourth-order valence-electron chi connectivity index (χ4n) is 3.03. The van der Waals surface area contributed by atoms with Crippen molar-refractivity contribution >= 4 is 39.0 Å². The van der Waals surface area contributed by atoms with Gasteiger partial charge in [-0.15, -0.1) is 0 Å². The molecule has 0 atom stereocenters. The molecule has 0 unspecified atom stereocenters. The summed E-state index contributed by atoms with van der Waals surface area (Å²) in [4.78, 5) is 20.3. The van der Waals surface area contributed by atoms with E-state index in [9.17, 15) is 4.79 Å². The summed E-state index contributed by atoms with van der Waals surface area (Å²) in [5.74, 6) is 1.22. The van der Waals surface area contributed by atoms with Gasteiger partial charge in [0.2, 0.25) is 0 Å². The lowest BCUT2D eigenvalue weighted by Gasteiger charge is -2.26. The van der Waals surface area contributed by atoms with Gasteiger partial charge in [0.1, 0.15) is 15.9 Å². The third-order valence-electron chi connectivity index (χ3n) is 4.12. The molecule has 2 heterocycles. The first-order valence-corrected chi connectivity index (χ1v) is 8.04. The number of nitrogens with zero attached hydrogens (tertiary/aromatic N) is 3. The highest BCUT2D eigenvalue weighted by molar-refractivity contribution is 9.10. The van der Waals surface area contributed by atoms with Gasteiger partial charge < -0.3 is 4.74 Å². The summed E-state index contributed by atoms with van der Waals surface area (Å²) < 4.78 is 7.53. The fraction of sp³-hybridized carbons (Fsp3) is 0.500. The molecule has 0 aliphatic heterocycles. The van der Waals surface area contributed by atoms with Gasteiger partial charge in [-0.2, -0.15) is 0 Å². The number of hydrogen-bond acceptors (Lipinski definition) is 4. The van der Waals surface area contributed by atoms with E-state index in [2.05, 4.69) is 25.9 Å². The Kier molecular flexibility index (Phi) is 4.17. The second kappa shape index (κ2) is 5.93. The monoisotopic (exact) mass is 371 g/mol. The predicted octanol–water partition coefficient (Wildman–Crippen LogP) is 3.59. The molecule has 0 aromatic carbocycles. The molecular weight excluding hydrogens is 358 g/mol. The molecule has 1 aliphatic rings. The first-order chi connectivity index (χ1) is 10.1. The number of rotatable bonds is 2. The van der Waals surface area contributed by atoms with E-state index >= 15 is 0 Å². The summed E-state index contributed by atoms with van der Waals surface area (Å²) in [7, 11) is 1.45. The molecule has 112 valence electrons. The van der Waals surface area contributed by atoms with E-state index in [4.69, 9.17) is 16.3 Å². The Bertz CT molecular complexity index is 680. The van der Waals surface area contributed by atoms with Crippen LogP contribution in [0.15, 0.2) is 17.0 Å². The molecule has 3 rings (SSSR count). The van der Waals surface area contributed by atoms with Crippen molar-refractivity contribution in [3.05, 3.63) is 28.0 Å². The van der Waals surface area contributed by atoms with Crippen LogP contribution in [0.1, 0.15) is 37.4 Å². The van der Waals surface area contributed by atoms with Gasteiger partial charge >= 0.3 is 5.97 Å². The zero-order valence-corrected chi connectivity index (χ0v) is 13.9. The average molecular weight is 373 g/mol. The first kappa shape index (κ1) is 14.8. The van der Waals surface area contributed by atoms with E-state index in [1.54, 1.807) is 6.20 Å². The molecule has 0 saturated heterocycles. The van der Waals surface area contributed by atoms with Crippen LogP contribution in [0.2, 0.25) is 5.15 Å². The summed E-state index contributed by atoms with van der Waals surface area (Å²) in [6.45, 7) is 0. The third-order valence-corrected chi connectivity index (χ3v) is 4.95.